The number of aliphatic imine (C=N–C) groups is 1. The first-order valence-electron chi connectivity index (χ1n) is 10.4. The molecular weight excluding hydrogens is 390 g/mol. The first-order valence-corrected chi connectivity index (χ1v) is 10.4. The second-order valence-corrected chi connectivity index (χ2v) is 7.33. The van der Waals surface area contributed by atoms with Crippen LogP contribution in [-0.4, -0.2) is 52.7 Å². The van der Waals surface area contributed by atoms with Gasteiger partial charge < -0.3 is 20.3 Å². The fourth-order valence-electron chi connectivity index (χ4n) is 3.32. The molecule has 2 atom stereocenters. The molecule has 1 heterocycles. The van der Waals surface area contributed by atoms with E-state index in [-0.39, 0.29) is 6.04 Å². The molecule has 0 unspecified atom stereocenters. The van der Waals surface area contributed by atoms with Gasteiger partial charge in [-0.1, -0.05) is 36.4 Å². The van der Waals surface area contributed by atoms with E-state index in [1.165, 1.54) is 5.56 Å². The van der Waals surface area contributed by atoms with E-state index in [0.29, 0.717) is 6.54 Å². The Bertz CT molecular complexity index is 1030. The highest BCUT2D eigenvalue weighted by Gasteiger charge is 2.16. The maximum absolute atomic E-state index is 11.4. The zero-order valence-electron chi connectivity index (χ0n) is 17.9. The van der Waals surface area contributed by atoms with Crippen molar-refractivity contribution in [2.45, 2.75) is 25.5 Å². The van der Waals surface area contributed by atoms with Crippen LogP contribution >= 0.6 is 0 Å². The molecule has 0 bridgehead atoms. The number of nitrogens with zero attached hydrogens (tertiary/aromatic N) is 3. The third kappa shape index (κ3) is 6.10. The predicted molar refractivity (Wildman–Crippen MR) is 124 cm³/mol. The summed E-state index contributed by atoms with van der Waals surface area (Å²) in [5.74, 6) is 0.724. The van der Waals surface area contributed by atoms with Gasteiger partial charge in [-0.3, -0.25) is 9.79 Å². The lowest BCUT2D eigenvalue weighted by atomic mass is 10.1. The van der Waals surface area contributed by atoms with Crippen LogP contribution in [0.1, 0.15) is 36.0 Å². The second-order valence-electron chi connectivity index (χ2n) is 7.33. The van der Waals surface area contributed by atoms with Crippen molar-refractivity contribution in [1.82, 2.24) is 20.2 Å². The fourth-order valence-corrected chi connectivity index (χ4v) is 3.32. The van der Waals surface area contributed by atoms with E-state index < -0.39 is 6.10 Å². The van der Waals surface area contributed by atoms with Crippen LogP contribution in [0.4, 0.5) is 0 Å². The zero-order chi connectivity index (χ0) is 22.1. The third-order valence-corrected chi connectivity index (χ3v) is 5.14. The van der Waals surface area contributed by atoms with Crippen molar-refractivity contribution in [2.24, 2.45) is 4.99 Å². The normalized spacial score (nSPS) is 13.8. The summed E-state index contributed by atoms with van der Waals surface area (Å²) in [4.78, 5) is 24.8. The molecule has 0 saturated heterocycles. The Labute approximate surface area is 182 Å². The Morgan fingerprint density at radius 3 is 2.81 bits per heavy atom. The molecule has 162 valence electrons. The predicted octanol–water partition coefficient (Wildman–Crippen LogP) is 3.16. The van der Waals surface area contributed by atoms with Crippen LogP contribution in [0.3, 0.4) is 0 Å². The minimum Gasteiger partial charge on any atom is -0.387 e. The summed E-state index contributed by atoms with van der Waals surface area (Å²) in [5, 5.41) is 13.5. The summed E-state index contributed by atoms with van der Waals surface area (Å²) >= 11 is 0. The van der Waals surface area contributed by atoms with Crippen LogP contribution < -0.4 is 5.32 Å². The van der Waals surface area contributed by atoms with Crippen LogP contribution in [-0.2, 0) is 11.2 Å². The number of aliphatic hydroxyl groups excluding tert-OH is 1. The molecular formula is C24H29N5O2. The molecule has 7 nitrogen and oxygen atoms in total. The average molecular weight is 420 g/mol. The summed E-state index contributed by atoms with van der Waals surface area (Å²) in [6.45, 7) is 3.19. The van der Waals surface area contributed by atoms with Gasteiger partial charge in [-0.05, 0) is 49.2 Å². The van der Waals surface area contributed by atoms with E-state index in [1.54, 1.807) is 30.4 Å². The number of rotatable bonds is 11. The number of benzene rings is 2. The summed E-state index contributed by atoms with van der Waals surface area (Å²) in [6, 6.07) is 15.6. The summed E-state index contributed by atoms with van der Waals surface area (Å²) in [7, 11) is 1.68. The molecule has 7 heteroatoms. The molecule has 0 saturated carbocycles. The van der Waals surface area contributed by atoms with E-state index in [0.717, 1.165) is 41.8 Å². The smallest absolute Gasteiger partial charge is 0.214 e. The first-order chi connectivity index (χ1) is 15.1. The van der Waals surface area contributed by atoms with Gasteiger partial charge in [0.2, 0.25) is 6.41 Å². The van der Waals surface area contributed by atoms with Crippen LogP contribution in [0.15, 0.2) is 65.8 Å². The van der Waals surface area contributed by atoms with E-state index in [9.17, 15) is 9.90 Å². The SMILES string of the molecule is CN=C/C=C\N(C=O)[C@@H](C)c1nc2ccc(CCNC[C@H](O)c3ccccc3)cc2[nH]1. The van der Waals surface area contributed by atoms with Gasteiger partial charge in [-0.25, -0.2) is 4.98 Å². The lowest BCUT2D eigenvalue weighted by Crippen LogP contribution is -2.23. The molecule has 2 aromatic carbocycles. The molecule has 0 aliphatic carbocycles. The number of fused-ring (bicyclic) bond motifs is 1. The minimum absolute atomic E-state index is 0.226. The summed E-state index contributed by atoms with van der Waals surface area (Å²) in [5.41, 5.74) is 3.89. The number of H-pyrrole nitrogens is 1. The maximum atomic E-state index is 11.4. The largest absolute Gasteiger partial charge is 0.387 e. The number of aromatic nitrogens is 2. The highest BCUT2D eigenvalue weighted by Crippen LogP contribution is 2.21. The first kappa shape index (κ1) is 22.4. The van der Waals surface area contributed by atoms with Crippen molar-refractivity contribution in [2.75, 3.05) is 20.1 Å². The van der Waals surface area contributed by atoms with Crippen molar-refractivity contribution >= 4 is 23.7 Å². The van der Waals surface area contributed by atoms with Crippen molar-refractivity contribution in [1.29, 1.82) is 0 Å². The Morgan fingerprint density at radius 1 is 1.26 bits per heavy atom. The average Bonchev–Trinajstić information content (AvgIpc) is 3.23. The Balaban J connectivity index is 1.58. The Kier molecular flexibility index (Phi) is 8.09. The van der Waals surface area contributed by atoms with Gasteiger partial charge >= 0.3 is 0 Å². The lowest BCUT2D eigenvalue weighted by Gasteiger charge is -2.18. The van der Waals surface area contributed by atoms with Gasteiger partial charge in [0.15, 0.2) is 0 Å². The van der Waals surface area contributed by atoms with Gasteiger partial charge in [0.25, 0.3) is 0 Å². The van der Waals surface area contributed by atoms with Gasteiger partial charge in [0.1, 0.15) is 5.82 Å². The number of imidazole rings is 1. The van der Waals surface area contributed by atoms with Crippen molar-refractivity contribution in [3.8, 4) is 0 Å². The van der Waals surface area contributed by atoms with E-state index >= 15 is 0 Å². The number of aromatic amines is 1. The number of nitrogens with one attached hydrogen (secondary N) is 2. The minimum atomic E-state index is -0.515. The molecule has 0 radical (unpaired) electrons. The van der Waals surface area contributed by atoms with Crippen LogP contribution in [0.5, 0.6) is 0 Å². The van der Waals surface area contributed by atoms with E-state index in [4.69, 9.17) is 0 Å². The molecule has 1 amide bonds. The Morgan fingerprint density at radius 2 is 2.06 bits per heavy atom. The van der Waals surface area contributed by atoms with Crippen LogP contribution in [0, 0.1) is 0 Å². The molecule has 0 aliphatic rings. The van der Waals surface area contributed by atoms with Gasteiger partial charge in [-0.2, -0.15) is 0 Å². The van der Waals surface area contributed by atoms with Crippen molar-refractivity contribution < 1.29 is 9.90 Å². The highest BCUT2D eigenvalue weighted by molar-refractivity contribution is 5.76. The van der Waals surface area contributed by atoms with Crippen molar-refractivity contribution in [3.05, 3.63) is 77.8 Å². The standard InChI is InChI=1S/C24H29N5O2/c1-18(29(17-30)14-6-12-25-2)24-27-21-10-9-19(15-22(21)28-24)11-13-26-16-23(31)20-7-4-3-5-8-20/h3-10,12,14-15,17-18,23,26,31H,11,13,16H2,1-2H3,(H,27,28)/b14-6-,25-12?/t18-,23-/m0/s1. The molecule has 31 heavy (non-hydrogen) atoms. The fraction of sp³-hybridized carbons (Fsp3) is 0.292. The monoisotopic (exact) mass is 419 g/mol. The quantitative estimate of drug-likeness (QED) is 0.253. The number of amides is 1. The molecule has 3 N–H and O–H groups in total. The third-order valence-electron chi connectivity index (χ3n) is 5.14. The van der Waals surface area contributed by atoms with Gasteiger partial charge in [-0.15, -0.1) is 0 Å². The lowest BCUT2D eigenvalue weighted by molar-refractivity contribution is -0.117. The van der Waals surface area contributed by atoms with Crippen LogP contribution in [0.25, 0.3) is 11.0 Å². The molecule has 1 aromatic heterocycles. The highest BCUT2D eigenvalue weighted by atomic mass is 16.3. The summed E-state index contributed by atoms with van der Waals surface area (Å²) in [6.07, 6.45) is 6.12. The molecule has 3 rings (SSSR count). The maximum Gasteiger partial charge on any atom is 0.214 e. The van der Waals surface area contributed by atoms with Gasteiger partial charge in [0, 0.05) is 26.0 Å². The second kappa shape index (κ2) is 11.2. The topological polar surface area (TPSA) is 93.6 Å². The summed E-state index contributed by atoms with van der Waals surface area (Å²) < 4.78 is 0. The number of hydrogen-bond acceptors (Lipinski definition) is 5. The number of hydrogen-bond donors (Lipinski definition) is 3. The van der Waals surface area contributed by atoms with E-state index in [2.05, 4.69) is 32.4 Å². The van der Waals surface area contributed by atoms with Crippen molar-refractivity contribution in [3.63, 3.8) is 0 Å². The molecule has 0 spiro atoms. The number of aliphatic hydroxyl groups is 1. The molecule has 0 aliphatic heterocycles. The number of carbonyl (C=O) groups is 1. The zero-order valence-corrected chi connectivity index (χ0v) is 17.9. The van der Waals surface area contributed by atoms with E-state index in [1.807, 2.05) is 43.3 Å². The molecule has 0 fully saturated rings. The molecule has 3 aromatic rings. The van der Waals surface area contributed by atoms with Crippen LogP contribution in [0.2, 0.25) is 0 Å². The number of carbonyl (C=O) groups excluding carboxylic acids is 1. The number of allylic oxidation sites excluding steroid dienone is 1. The Hall–Kier alpha value is -3.29. The van der Waals surface area contributed by atoms with Gasteiger partial charge in [0.05, 0.1) is 23.2 Å².